The van der Waals surface area contributed by atoms with Crippen molar-refractivity contribution in [1.29, 1.82) is 0 Å². The maximum absolute atomic E-state index is 13.2. The Bertz CT molecular complexity index is 3620. The Morgan fingerprint density at radius 2 is 0.857 bits per heavy atom. The number of fused-ring (bicyclic) bond motifs is 2. The molecule has 6 saturated heterocycles. The largest absolute Gasteiger partial charge is 0.481 e. The first kappa shape index (κ1) is 62.6. The third-order valence-electron chi connectivity index (χ3n) is 15.3. The second-order valence-electron chi connectivity index (χ2n) is 21.0. The number of para-hydroxylation sites is 2. The van der Waals surface area contributed by atoms with Crippen molar-refractivity contribution in [2.24, 2.45) is 0 Å². The first-order chi connectivity index (χ1) is 44.2. The van der Waals surface area contributed by atoms with Gasteiger partial charge in [-0.05, 0) is 121 Å². The van der Waals surface area contributed by atoms with E-state index < -0.39 is 54.1 Å². The standard InChI is InChI=1S/C33H31N5O7.C20H23N5O5.C13H10O3/c1-2-22-43-26-14-10-25(11-15-26)34-16-18-35(19-17-34)33(42)45-38-31(40)29-23-36(20-21-37(29)32(38)41)30(39)24-8-12-28(13-9-24)44-27-6-4-3-5-7-27;1-2-13-29-16-5-3-15(4-6-16)22-9-11-23(12-10-22)20(28)30-25-18(26)17-14-21-7-8-24(17)19(25)27;14-13(15)10-6-8-12(9-7-10)16-11-4-2-1-3-5-11/h1,3-15,29H,16-23H2;1,3-6,17,21H,7-14H2;1-9H,(H,14,15). The molecule has 468 valence electrons. The number of nitrogens with zero attached hydrogens (tertiary/aromatic N) is 9. The molecular weight excluding hydrogens is 1170 g/mol. The number of hydroxylamine groups is 4. The van der Waals surface area contributed by atoms with Gasteiger partial charge in [0.25, 0.3) is 17.7 Å². The Kier molecular flexibility index (Phi) is 20.3. The lowest BCUT2D eigenvalue weighted by Crippen LogP contribution is -2.54. The summed E-state index contributed by atoms with van der Waals surface area (Å²) in [7, 11) is 0. The molecule has 91 heavy (non-hydrogen) atoms. The van der Waals surface area contributed by atoms with E-state index in [2.05, 4.69) is 27.0 Å². The van der Waals surface area contributed by atoms with E-state index >= 15 is 0 Å². The van der Waals surface area contributed by atoms with Crippen molar-refractivity contribution in [1.82, 2.24) is 39.9 Å². The molecule has 6 heterocycles. The number of terminal acetylenes is 2. The van der Waals surface area contributed by atoms with Crippen molar-refractivity contribution in [3.05, 3.63) is 169 Å². The van der Waals surface area contributed by atoms with E-state index in [-0.39, 0.29) is 44.3 Å². The molecule has 25 heteroatoms. The van der Waals surface area contributed by atoms with Crippen LogP contribution >= 0.6 is 0 Å². The summed E-state index contributed by atoms with van der Waals surface area (Å²) in [5.41, 5.74) is 2.65. The van der Waals surface area contributed by atoms with Crippen molar-refractivity contribution in [2.45, 2.75) is 12.1 Å². The number of carbonyl (C=O) groups excluding carboxylic acids is 7. The van der Waals surface area contributed by atoms with Gasteiger partial charge in [-0.2, -0.15) is 0 Å². The number of carbonyl (C=O) groups is 8. The summed E-state index contributed by atoms with van der Waals surface area (Å²) in [6.45, 7) is 5.93. The van der Waals surface area contributed by atoms with Crippen LogP contribution in [0.2, 0.25) is 0 Å². The van der Waals surface area contributed by atoms with Crippen LogP contribution in [0.5, 0.6) is 34.5 Å². The average molecular weight is 1240 g/mol. The molecule has 6 aliphatic rings. The number of anilines is 2. The number of hydrogen-bond acceptors (Lipinski definition) is 17. The number of imide groups is 2. The Balaban J connectivity index is 0.000000169. The fourth-order valence-electron chi connectivity index (χ4n) is 10.5. The zero-order valence-electron chi connectivity index (χ0n) is 49.3. The summed E-state index contributed by atoms with van der Waals surface area (Å²) in [5.74, 6) is 6.43. The number of amides is 9. The van der Waals surface area contributed by atoms with Crippen LogP contribution in [0.4, 0.5) is 30.6 Å². The molecule has 0 saturated carbocycles. The van der Waals surface area contributed by atoms with Crippen LogP contribution in [-0.4, -0.2) is 205 Å². The van der Waals surface area contributed by atoms with Crippen LogP contribution in [-0.2, 0) is 19.3 Å². The molecule has 0 radical (unpaired) electrons. The minimum Gasteiger partial charge on any atom is -0.481 e. The normalized spacial score (nSPS) is 17.6. The van der Waals surface area contributed by atoms with Gasteiger partial charge >= 0.3 is 30.2 Å². The Morgan fingerprint density at radius 1 is 0.462 bits per heavy atom. The number of nitrogens with one attached hydrogen (secondary N) is 1. The van der Waals surface area contributed by atoms with Gasteiger partial charge in [-0.3, -0.25) is 14.4 Å². The second-order valence-corrected chi connectivity index (χ2v) is 21.0. The highest BCUT2D eigenvalue weighted by Crippen LogP contribution is 2.29. The third kappa shape index (κ3) is 15.5. The number of urea groups is 2. The van der Waals surface area contributed by atoms with E-state index in [0.717, 1.165) is 17.1 Å². The summed E-state index contributed by atoms with van der Waals surface area (Å²) in [4.78, 5) is 122. The zero-order chi connectivity index (χ0) is 63.8. The van der Waals surface area contributed by atoms with E-state index in [0.29, 0.717) is 116 Å². The number of aromatic carboxylic acids is 1. The van der Waals surface area contributed by atoms with E-state index in [4.69, 9.17) is 46.6 Å². The molecule has 0 spiro atoms. The van der Waals surface area contributed by atoms with Crippen molar-refractivity contribution in [3.63, 3.8) is 0 Å². The number of piperazine rings is 4. The summed E-state index contributed by atoms with van der Waals surface area (Å²) < 4.78 is 22.1. The molecule has 0 aliphatic carbocycles. The van der Waals surface area contributed by atoms with E-state index in [1.165, 1.54) is 36.6 Å². The quantitative estimate of drug-likeness (QED) is 0.0846. The van der Waals surface area contributed by atoms with Crippen LogP contribution in [0.3, 0.4) is 0 Å². The lowest BCUT2D eigenvalue weighted by molar-refractivity contribution is -0.152. The lowest BCUT2D eigenvalue weighted by atomic mass is 10.1. The van der Waals surface area contributed by atoms with Gasteiger partial charge in [0, 0.05) is 102 Å². The fourth-order valence-corrected chi connectivity index (χ4v) is 10.5. The van der Waals surface area contributed by atoms with Gasteiger partial charge < -0.3 is 73.3 Å². The monoisotopic (exact) mass is 1240 g/mol. The van der Waals surface area contributed by atoms with Gasteiger partial charge in [-0.1, -0.05) is 58.4 Å². The summed E-state index contributed by atoms with van der Waals surface area (Å²) >= 11 is 0. The van der Waals surface area contributed by atoms with Crippen LogP contribution in [0.1, 0.15) is 20.7 Å². The lowest BCUT2D eigenvalue weighted by Gasteiger charge is -2.35. The zero-order valence-corrected chi connectivity index (χ0v) is 49.3. The van der Waals surface area contributed by atoms with Crippen LogP contribution in [0.15, 0.2) is 158 Å². The van der Waals surface area contributed by atoms with Gasteiger partial charge in [-0.15, -0.1) is 12.8 Å². The Labute approximate surface area is 524 Å². The fraction of sp³-hybridized carbons (Fsp3) is 0.273. The van der Waals surface area contributed by atoms with Gasteiger partial charge in [0.15, 0.2) is 0 Å². The highest BCUT2D eigenvalue weighted by Gasteiger charge is 2.52. The van der Waals surface area contributed by atoms with Crippen LogP contribution in [0, 0.1) is 24.7 Å². The number of ether oxygens (including phenoxy) is 4. The summed E-state index contributed by atoms with van der Waals surface area (Å²) in [5, 5.41) is 12.9. The van der Waals surface area contributed by atoms with Crippen molar-refractivity contribution in [3.8, 4) is 59.2 Å². The molecule has 2 atom stereocenters. The van der Waals surface area contributed by atoms with Gasteiger partial charge in [0.05, 0.1) is 12.1 Å². The maximum atomic E-state index is 13.2. The Hall–Kier alpha value is -11.4. The highest BCUT2D eigenvalue weighted by atomic mass is 16.7. The number of carboxylic acid groups (broad SMARTS) is 1. The number of benzene rings is 6. The molecule has 0 aromatic heterocycles. The minimum atomic E-state index is -0.939. The molecule has 9 amide bonds. The topological polar surface area (TPSA) is 253 Å². The van der Waals surface area contributed by atoms with E-state index in [9.17, 15) is 38.4 Å². The molecule has 6 aromatic carbocycles. The molecule has 6 fully saturated rings. The molecule has 2 N–H and O–H groups in total. The predicted octanol–water partition coefficient (Wildman–Crippen LogP) is 6.74. The van der Waals surface area contributed by atoms with Gasteiger partial charge in [0.2, 0.25) is 0 Å². The van der Waals surface area contributed by atoms with E-state index in [1.807, 2.05) is 109 Å². The first-order valence-electron chi connectivity index (χ1n) is 29.2. The van der Waals surface area contributed by atoms with E-state index in [1.54, 1.807) is 36.4 Å². The number of hydrogen-bond donors (Lipinski definition) is 2. The predicted molar refractivity (Wildman–Crippen MR) is 329 cm³/mol. The smallest absolute Gasteiger partial charge is 0.434 e. The van der Waals surface area contributed by atoms with Crippen molar-refractivity contribution < 1.29 is 72.1 Å². The van der Waals surface area contributed by atoms with Gasteiger partial charge in [-0.25, -0.2) is 24.0 Å². The highest BCUT2D eigenvalue weighted by molar-refractivity contribution is 6.05. The molecule has 25 nitrogen and oxygen atoms in total. The number of rotatable bonds is 14. The molecule has 0 bridgehead atoms. The SMILES string of the molecule is C#CCOc1ccc(N2CCN(C(=O)ON3C(=O)C4CN(C(=O)c5ccc(Oc6ccccc6)cc5)CCN4C3=O)CC2)cc1.C#CCOc1ccc(N2CCN(C(=O)ON3C(=O)C4CNCCN4C3=O)CC2)cc1.O=C(O)c1ccc(Oc2ccccc2)cc1. The maximum Gasteiger partial charge on any atom is 0.434 e. The van der Waals surface area contributed by atoms with Crippen LogP contribution in [0.25, 0.3) is 0 Å². The van der Waals surface area contributed by atoms with Gasteiger partial charge in [0.1, 0.15) is 59.8 Å². The molecule has 2 unspecified atom stereocenters. The molecule has 6 aliphatic heterocycles. The first-order valence-corrected chi connectivity index (χ1v) is 29.2. The number of carboxylic acids is 1. The second kappa shape index (κ2) is 29.5. The van der Waals surface area contributed by atoms with Crippen molar-refractivity contribution in [2.75, 3.05) is 115 Å². The molecule has 12 rings (SSSR count). The molecule has 6 aromatic rings. The summed E-state index contributed by atoms with van der Waals surface area (Å²) in [6.07, 6.45) is 8.95. The molecular formula is C66H64N10O15. The summed E-state index contributed by atoms with van der Waals surface area (Å²) in [6, 6.07) is 43.9. The minimum absolute atomic E-state index is 0.00897. The Morgan fingerprint density at radius 3 is 1.29 bits per heavy atom. The van der Waals surface area contributed by atoms with Crippen molar-refractivity contribution >= 4 is 59.3 Å². The average Bonchev–Trinajstić information content (AvgIpc) is 1.67. The third-order valence-corrected chi connectivity index (χ3v) is 15.3. The van der Waals surface area contributed by atoms with Crippen LogP contribution < -0.4 is 34.1 Å².